The molecular weight excluding hydrogens is 286 g/mol. The third-order valence-corrected chi connectivity index (χ3v) is 3.68. The second-order valence-electron chi connectivity index (χ2n) is 4.76. The molecule has 110 valence electrons. The normalized spacial score (nSPS) is 10.5. The molecule has 0 saturated heterocycles. The first kappa shape index (κ1) is 15.4. The average Bonchev–Trinajstić information content (AvgIpc) is 2.48. The fraction of sp³-hybridized carbons (Fsp3) is 0.312. The van der Waals surface area contributed by atoms with Crippen molar-refractivity contribution in [2.24, 2.45) is 0 Å². The molecule has 4 nitrogen and oxygen atoms in total. The fourth-order valence-corrected chi connectivity index (χ4v) is 2.45. The Bertz CT molecular complexity index is 653. The molecule has 1 heterocycles. The first-order valence-corrected chi connectivity index (χ1v) is 7.34. The molecule has 0 spiro atoms. The maximum absolute atomic E-state index is 12.3. The van der Waals surface area contributed by atoms with Crippen molar-refractivity contribution in [2.45, 2.75) is 33.6 Å². The van der Waals surface area contributed by atoms with Gasteiger partial charge in [-0.1, -0.05) is 31.5 Å². The van der Waals surface area contributed by atoms with Gasteiger partial charge in [-0.2, -0.15) is 0 Å². The fourth-order valence-electron chi connectivity index (χ4n) is 2.15. The number of carbonyl (C=O) groups excluding carboxylic acids is 1. The molecule has 0 saturated carbocycles. The van der Waals surface area contributed by atoms with Crippen LogP contribution in [0.5, 0.6) is 0 Å². The van der Waals surface area contributed by atoms with Gasteiger partial charge in [-0.25, -0.2) is 4.98 Å². The molecule has 21 heavy (non-hydrogen) atoms. The smallest absolute Gasteiger partial charge is 0.275 e. The molecular formula is C16H18ClN3O. The van der Waals surface area contributed by atoms with Crippen LogP contribution in [0.1, 0.15) is 41.2 Å². The van der Waals surface area contributed by atoms with E-state index in [1.54, 1.807) is 6.20 Å². The molecule has 2 aromatic rings. The lowest BCUT2D eigenvalue weighted by Crippen LogP contribution is -2.16. The second-order valence-corrected chi connectivity index (χ2v) is 5.17. The van der Waals surface area contributed by atoms with E-state index in [4.69, 9.17) is 11.6 Å². The molecule has 0 unspecified atom stereocenters. The molecule has 0 aliphatic heterocycles. The molecule has 1 N–H and O–H groups in total. The Morgan fingerprint density at radius 3 is 2.52 bits per heavy atom. The van der Waals surface area contributed by atoms with Crippen LogP contribution in [-0.2, 0) is 12.8 Å². The summed E-state index contributed by atoms with van der Waals surface area (Å²) in [5.74, 6) is -0.269. The van der Waals surface area contributed by atoms with Gasteiger partial charge in [0.2, 0.25) is 0 Å². The van der Waals surface area contributed by atoms with Crippen molar-refractivity contribution in [1.82, 2.24) is 9.97 Å². The lowest BCUT2D eigenvalue weighted by molar-refractivity contribution is 0.102. The largest absolute Gasteiger partial charge is 0.320 e. The number of aryl methyl sites for hydroxylation is 2. The van der Waals surface area contributed by atoms with Gasteiger partial charge in [0.05, 0.1) is 11.9 Å². The third kappa shape index (κ3) is 3.39. The van der Waals surface area contributed by atoms with E-state index in [1.165, 1.54) is 6.20 Å². The maximum atomic E-state index is 12.3. The standard InChI is InChI=1S/C16H18ClN3O/c1-4-11-6-7-13(17)12(5-2)15(11)20-16(21)14-9-18-10(3)8-19-14/h6-9H,4-5H2,1-3H3,(H,20,21). The van der Waals surface area contributed by atoms with Gasteiger partial charge in [-0.3, -0.25) is 9.78 Å². The van der Waals surface area contributed by atoms with Crippen molar-refractivity contribution < 1.29 is 4.79 Å². The predicted octanol–water partition coefficient (Wildman–Crippen LogP) is 3.82. The quantitative estimate of drug-likeness (QED) is 0.934. The Hall–Kier alpha value is -1.94. The SMILES string of the molecule is CCc1ccc(Cl)c(CC)c1NC(=O)c1cnc(C)cn1. The maximum Gasteiger partial charge on any atom is 0.275 e. The highest BCUT2D eigenvalue weighted by atomic mass is 35.5. The number of hydrogen-bond donors (Lipinski definition) is 1. The van der Waals surface area contributed by atoms with Crippen LogP contribution in [-0.4, -0.2) is 15.9 Å². The van der Waals surface area contributed by atoms with Gasteiger partial charge < -0.3 is 5.32 Å². The summed E-state index contributed by atoms with van der Waals surface area (Å²) in [5.41, 5.74) is 3.87. The van der Waals surface area contributed by atoms with Crippen molar-refractivity contribution in [3.8, 4) is 0 Å². The number of anilines is 1. The first-order valence-electron chi connectivity index (χ1n) is 6.97. The summed E-state index contributed by atoms with van der Waals surface area (Å²) < 4.78 is 0. The van der Waals surface area contributed by atoms with Crippen LogP contribution in [0, 0.1) is 6.92 Å². The molecule has 1 aromatic heterocycles. The van der Waals surface area contributed by atoms with Crippen LogP contribution < -0.4 is 5.32 Å². The van der Waals surface area contributed by atoms with E-state index in [1.807, 2.05) is 32.9 Å². The number of nitrogens with zero attached hydrogens (tertiary/aromatic N) is 2. The molecule has 2 rings (SSSR count). The van der Waals surface area contributed by atoms with Crippen LogP contribution >= 0.6 is 11.6 Å². The summed E-state index contributed by atoms with van der Waals surface area (Å²) in [7, 11) is 0. The highest BCUT2D eigenvalue weighted by molar-refractivity contribution is 6.32. The second kappa shape index (κ2) is 6.68. The Morgan fingerprint density at radius 2 is 1.95 bits per heavy atom. The number of amides is 1. The summed E-state index contributed by atoms with van der Waals surface area (Å²) >= 11 is 6.23. The van der Waals surface area contributed by atoms with Gasteiger partial charge in [0.15, 0.2) is 0 Å². The number of hydrogen-bond acceptors (Lipinski definition) is 3. The van der Waals surface area contributed by atoms with Gasteiger partial charge in [0.25, 0.3) is 5.91 Å². The minimum atomic E-state index is -0.269. The number of nitrogens with one attached hydrogen (secondary N) is 1. The summed E-state index contributed by atoms with van der Waals surface area (Å²) in [5, 5.41) is 3.60. The van der Waals surface area contributed by atoms with Gasteiger partial charge in [0.1, 0.15) is 5.69 Å². The Balaban J connectivity index is 2.36. The molecule has 1 aromatic carbocycles. The Kier molecular flexibility index (Phi) is 4.91. The monoisotopic (exact) mass is 303 g/mol. The summed E-state index contributed by atoms with van der Waals surface area (Å²) in [4.78, 5) is 20.5. The third-order valence-electron chi connectivity index (χ3n) is 3.33. The minimum absolute atomic E-state index is 0.269. The molecule has 1 amide bonds. The highest BCUT2D eigenvalue weighted by Gasteiger charge is 2.15. The Morgan fingerprint density at radius 1 is 1.19 bits per heavy atom. The van der Waals surface area contributed by atoms with Crippen molar-refractivity contribution in [1.29, 1.82) is 0 Å². The molecule has 0 atom stereocenters. The van der Waals surface area contributed by atoms with Crippen molar-refractivity contribution in [3.63, 3.8) is 0 Å². The first-order chi connectivity index (χ1) is 10.1. The van der Waals surface area contributed by atoms with Crippen molar-refractivity contribution in [3.05, 3.63) is 52.1 Å². The summed E-state index contributed by atoms with van der Waals surface area (Å²) in [6, 6.07) is 3.82. The van der Waals surface area contributed by atoms with Crippen LogP contribution in [0.3, 0.4) is 0 Å². The van der Waals surface area contributed by atoms with Crippen LogP contribution in [0.4, 0.5) is 5.69 Å². The number of halogens is 1. The highest BCUT2D eigenvalue weighted by Crippen LogP contribution is 2.29. The van der Waals surface area contributed by atoms with E-state index in [-0.39, 0.29) is 5.91 Å². The van der Waals surface area contributed by atoms with Crippen molar-refractivity contribution >= 4 is 23.2 Å². The lowest BCUT2D eigenvalue weighted by Gasteiger charge is -2.15. The number of aromatic nitrogens is 2. The zero-order valence-corrected chi connectivity index (χ0v) is 13.2. The van der Waals surface area contributed by atoms with Crippen LogP contribution in [0.15, 0.2) is 24.5 Å². The number of benzene rings is 1. The van der Waals surface area contributed by atoms with Crippen molar-refractivity contribution in [2.75, 3.05) is 5.32 Å². The molecule has 5 heteroatoms. The average molecular weight is 304 g/mol. The molecule has 0 bridgehead atoms. The van der Waals surface area contributed by atoms with E-state index in [0.717, 1.165) is 35.3 Å². The van der Waals surface area contributed by atoms with Gasteiger partial charge in [-0.15, -0.1) is 0 Å². The summed E-state index contributed by atoms with van der Waals surface area (Å²) in [6.45, 7) is 5.89. The predicted molar refractivity (Wildman–Crippen MR) is 84.9 cm³/mol. The van der Waals surface area contributed by atoms with E-state index >= 15 is 0 Å². The zero-order valence-electron chi connectivity index (χ0n) is 12.4. The van der Waals surface area contributed by atoms with Gasteiger partial charge in [-0.05, 0) is 37.0 Å². The van der Waals surface area contributed by atoms with E-state index in [9.17, 15) is 4.79 Å². The van der Waals surface area contributed by atoms with Crippen LogP contribution in [0.25, 0.3) is 0 Å². The molecule has 0 fully saturated rings. The van der Waals surface area contributed by atoms with Crippen LogP contribution in [0.2, 0.25) is 5.02 Å². The summed E-state index contributed by atoms with van der Waals surface area (Å²) in [6.07, 6.45) is 4.63. The van der Waals surface area contributed by atoms with Gasteiger partial charge >= 0.3 is 0 Å². The molecule has 0 radical (unpaired) electrons. The van der Waals surface area contributed by atoms with Gasteiger partial charge in [0, 0.05) is 16.9 Å². The molecule has 0 aliphatic carbocycles. The molecule has 0 aliphatic rings. The minimum Gasteiger partial charge on any atom is -0.320 e. The topological polar surface area (TPSA) is 54.9 Å². The zero-order chi connectivity index (χ0) is 15.4. The number of rotatable bonds is 4. The lowest BCUT2D eigenvalue weighted by atomic mass is 10.0. The Labute approximate surface area is 129 Å². The van der Waals surface area contributed by atoms with E-state index in [0.29, 0.717) is 10.7 Å². The van der Waals surface area contributed by atoms with E-state index in [2.05, 4.69) is 15.3 Å². The van der Waals surface area contributed by atoms with E-state index < -0.39 is 0 Å². The number of carbonyl (C=O) groups is 1.